The van der Waals surface area contributed by atoms with Gasteiger partial charge in [-0.15, -0.1) is 0 Å². The molecule has 1 aromatic carbocycles. The van der Waals surface area contributed by atoms with Gasteiger partial charge in [0.2, 0.25) is 0 Å². The topological polar surface area (TPSA) is 38.8 Å². The summed E-state index contributed by atoms with van der Waals surface area (Å²) in [4.78, 5) is 13.8. The zero-order valence-electron chi connectivity index (χ0n) is 11.5. The van der Waals surface area contributed by atoms with Crippen LogP contribution in [0.1, 0.15) is 23.7 Å². The predicted molar refractivity (Wildman–Crippen MR) is 68.8 cm³/mol. The molecule has 0 aliphatic carbocycles. The van der Waals surface area contributed by atoms with Crippen LogP contribution in [0.15, 0.2) is 12.1 Å². The number of morpholine rings is 1. The first-order valence-corrected chi connectivity index (χ1v) is 6.50. The molecule has 4 nitrogen and oxygen atoms in total. The Morgan fingerprint density at radius 2 is 2.10 bits per heavy atom. The zero-order chi connectivity index (χ0) is 14.7. The SMILES string of the molecule is CCC1COCCN1C(=O)c1c(F)cc(OC)cc1F. The number of methoxy groups -OCH3 is 1. The van der Waals surface area contributed by atoms with E-state index in [0.717, 1.165) is 12.1 Å². The standard InChI is InChI=1S/C14H17F2NO3/c1-3-9-8-20-5-4-17(9)14(18)13-11(15)6-10(19-2)7-12(13)16/h6-7,9H,3-5,8H2,1-2H3. The van der Waals surface area contributed by atoms with Crippen molar-refractivity contribution in [2.45, 2.75) is 19.4 Å². The Labute approximate surface area is 116 Å². The van der Waals surface area contributed by atoms with Crippen LogP contribution in [0.25, 0.3) is 0 Å². The van der Waals surface area contributed by atoms with Crippen molar-refractivity contribution in [3.05, 3.63) is 29.3 Å². The molecule has 1 unspecified atom stereocenters. The van der Waals surface area contributed by atoms with Crippen molar-refractivity contribution in [2.24, 2.45) is 0 Å². The Balaban J connectivity index is 2.33. The highest BCUT2D eigenvalue weighted by atomic mass is 19.1. The summed E-state index contributed by atoms with van der Waals surface area (Å²) in [5.74, 6) is -2.41. The van der Waals surface area contributed by atoms with Gasteiger partial charge < -0.3 is 14.4 Å². The number of nitrogens with zero attached hydrogens (tertiary/aromatic N) is 1. The summed E-state index contributed by atoms with van der Waals surface area (Å²) >= 11 is 0. The number of amides is 1. The summed E-state index contributed by atoms with van der Waals surface area (Å²) in [6, 6.07) is 1.87. The molecule has 110 valence electrons. The molecule has 1 aliphatic heterocycles. The molecule has 1 saturated heterocycles. The van der Waals surface area contributed by atoms with Gasteiger partial charge in [0.05, 0.1) is 26.4 Å². The lowest BCUT2D eigenvalue weighted by molar-refractivity contribution is -0.00328. The first kappa shape index (κ1) is 14.7. The number of halogens is 2. The molecule has 6 heteroatoms. The highest BCUT2D eigenvalue weighted by molar-refractivity contribution is 5.95. The molecular formula is C14H17F2NO3. The Morgan fingerprint density at radius 3 is 2.65 bits per heavy atom. The number of hydrogen-bond donors (Lipinski definition) is 0. The lowest BCUT2D eigenvalue weighted by Crippen LogP contribution is -2.48. The molecule has 1 aliphatic rings. The quantitative estimate of drug-likeness (QED) is 0.855. The fraction of sp³-hybridized carbons (Fsp3) is 0.500. The van der Waals surface area contributed by atoms with Crippen molar-refractivity contribution in [1.29, 1.82) is 0 Å². The normalized spacial score (nSPS) is 19.0. The van der Waals surface area contributed by atoms with E-state index in [2.05, 4.69) is 0 Å². The molecule has 1 aromatic rings. The van der Waals surface area contributed by atoms with Crippen LogP contribution >= 0.6 is 0 Å². The maximum atomic E-state index is 13.9. The minimum atomic E-state index is -0.909. The second kappa shape index (κ2) is 6.17. The third kappa shape index (κ3) is 2.75. The average Bonchev–Trinajstić information content (AvgIpc) is 2.46. The van der Waals surface area contributed by atoms with Crippen LogP contribution in [0.2, 0.25) is 0 Å². The van der Waals surface area contributed by atoms with Gasteiger partial charge in [-0.25, -0.2) is 8.78 Å². The van der Waals surface area contributed by atoms with E-state index in [4.69, 9.17) is 9.47 Å². The number of benzene rings is 1. The first-order chi connectivity index (χ1) is 9.58. The van der Waals surface area contributed by atoms with E-state index in [1.54, 1.807) is 0 Å². The third-order valence-electron chi connectivity index (χ3n) is 3.42. The second-order valence-electron chi connectivity index (χ2n) is 4.60. The van der Waals surface area contributed by atoms with E-state index < -0.39 is 23.1 Å². The van der Waals surface area contributed by atoms with E-state index in [9.17, 15) is 13.6 Å². The van der Waals surface area contributed by atoms with Crippen LogP contribution in [-0.2, 0) is 4.74 Å². The zero-order valence-corrected chi connectivity index (χ0v) is 11.5. The molecule has 1 fully saturated rings. The minimum absolute atomic E-state index is 0.0468. The lowest BCUT2D eigenvalue weighted by Gasteiger charge is -2.35. The average molecular weight is 285 g/mol. The van der Waals surface area contributed by atoms with Gasteiger partial charge in [0, 0.05) is 18.7 Å². The summed E-state index contributed by atoms with van der Waals surface area (Å²) in [7, 11) is 1.31. The molecule has 2 rings (SSSR count). The molecule has 0 bridgehead atoms. The largest absolute Gasteiger partial charge is 0.497 e. The highest BCUT2D eigenvalue weighted by Gasteiger charge is 2.30. The summed E-state index contributed by atoms with van der Waals surface area (Å²) in [5, 5.41) is 0. The second-order valence-corrected chi connectivity index (χ2v) is 4.60. The predicted octanol–water partition coefficient (Wildman–Crippen LogP) is 2.22. The van der Waals surface area contributed by atoms with Crippen molar-refractivity contribution in [3.8, 4) is 5.75 Å². The number of carbonyl (C=O) groups is 1. The van der Waals surface area contributed by atoms with Gasteiger partial charge in [0.1, 0.15) is 22.9 Å². The summed E-state index contributed by atoms with van der Waals surface area (Å²) in [6.07, 6.45) is 0.672. The Morgan fingerprint density at radius 1 is 1.45 bits per heavy atom. The van der Waals surface area contributed by atoms with Gasteiger partial charge in [0.15, 0.2) is 0 Å². The molecule has 1 heterocycles. The van der Waals surface area contributed by atoms with Gasteiger partial charge in [-0.2, -0.15) is 0 Å². The van der Waals surface area contributed by atoms with E-state index >= 15 is 0 Å². The molecule has 0 spiro atoms. The van der Waals surface area contributed by atoms with Gasteiger partial charge >= 0.3 is 0 Å². The van der Waals surface area contributed by atoms with E-state index in [1.165, 1.54) is 12.0 Å². The number of carbonyl (C=O) groups excluding carboxylic acids is 1. The van der Waals surface area contributed by atoms with E-state index in [1.807, 2.05) is 6.92 Å². The van der Waals surface area contributed by atoms with Crippen LogP contribution in [-0.4, -0.2) is 43.7 Å². The monoisotopic (exact) mass is 285 g/mol. The molecule has 0 radical (unpaired) electrons. The minimum Gasteiger partial charge on any atom is -0.497 e. The van der Waals surface area contributed by atoms with Crippen molar-refractivity contribution in [2.75, 3.05) is 26.9 Å². The molecule has 1 amide bonds. The smallest absolute Gasteiger partial charge is 0.260 e. The van der Waals surface area contributed by atoms with Gasteiger partial charge in [-0.3, -0.25) is 4.79 Å². The Bertz CT molecular complexity index is 484. The van der Waals surface area contributed by atoms with Crippen LogP contribution < -0.4 is 4.74 Å². The van der Waals surface area contributed by atoms with Crippen molar-refractivity contribution in [3.63, 3.8) is 0 Å². The van der Waals surface area contributed by atoms with Crippen molar-refractivity contribution < 1.29 is 23.0 Å². The van der Waals surface area contributed by atoms with Crippen molar-refractivity contribution >= 4 is 5.91 Å². The van der Waals surface area contributed by atoms with Crippen LogP contribution in [0.3, 0.4) is 0 Å². The number of rotatable bonds is 3. The first-order valence-electron chi connectivity index (χ1n) is 6.50. The van der Waals surface area contributed by atoms with E-state index in [-0.39, 0.29) is 11.8 Å². The van der Waals surface area contributed by atoms with Gasteiger partial charge in [-0.1, -0.05) is 6.92 Å². The van der Waals surface area contributed by atoms with Crippen LogP contribution in [0.5, 0.6) is 5.75 Å². The maximum Gasteiger partial charge on any atom is 0.260 e. The van der Waals surface area contributed by atoms with Gasteiger partial charge in [0.25, 0.3) is 5.91 Å². The lowest BCUT2D eigenvalue weighted by atomic mass is 10.1. The fourth-order valence-corrected chi connectivity index (χ4v) is 2.28. The molecule has 20 heavy (non-hydrogen) atoms. The molecule has 1 atom stereocenters. The number of hydrogen-bond acceptors (Lipinski definition) is 3. The highest BCUT2D eigenvalue weighted by Crippen LogP contribution is 2.23. The van der Waals surface area contributed by atoms with Crippen LogP contribution in [0, 0.1) is 11.6 Å². The fourth-order valence-electron chi connectivity index (χ4n) is 2.28. The Hall–Kier alpha value is -1.69. The molecule has 0 N–H and O–H groups in total. The molecular weight excluding hydrogens is 268 g/mol. The summed E-state index contributed by atoms with van der Waals surface area (Å²) < 4.78 is 37.9. The van der Waals surface area contributed by atoms with Crippen molar-refractivity contribution in [1.82, 2.24) is 4.90 Å². The van der Waals surface area contributed by atoms with E-state index in [0.29, 0.717) is 26.2 Å². The Kier molecular flexibility index (Phi) is 4.54. The maximum absolute atomic E-state index is 13.9. The molecule has 0 saturated carbocycles. The van der Waals surface area contributed by atoms with Gasteiger partial charge in [-0.05, 0) is 6.42 Å². The third-order valence-corrected chi connectivity index (χ3v) is 3.42. The summed E-state index contributed by atoms with van der Waals surface area (Å²) in [6.45, 7) is 3.01. The number of ether oxygens (including phenoxy) is 2. The molecule has 0 aromatic heterocycles. The van der Waals surface area contributed by atoms with Crippen LogP contribution in [0.4, 0.5) is 8.78 Å². The summed E-state index contributed by atoms with van der Waals surface area (Å²) in [5.41, 5.74) is -0.536.